The average Bonchev–Trinajstić information content (AvgIpc) is 1.00. The van der Waals surface area contributed by atoms with Crippen molar-refractivity contribution < 1.29 is 38.0 Å². The largest absolute Gasteiger partial charge is 0 e. The molecule has 6 heavy (non-hydrogen) atoms. The molecule has 0 nitrogen and oxygen atoms in total. The van der Waals surface area contributed by atoms with Crippen molar-refractivity contribution in [3.05, 3.63) is 0 Å². The molecule has 0 aliphatic rings. The molecule has 0 atom stereocenters. The van der Waals surface area contributed by atoms with E-state index >= 15 is 0 Å². The Morgan fingerprint density at radius 3 is 1.17 bits per heavy atom. The summed E-state index contributed by atoms with van der Waals surface area (Å²) in [5.74, 6) is 0. The van der Waals surface area contributed by atoms with E-state index in [1.54, 1.807) is 0 Å². The van der Waals surface area contributed by atoms with E-state index in [0.29, 0.717) is 0 Å². The van der Waals surface area contributed by atoms with Crippen molar-refractivity contribution in [2.24, 2.45) is 0 Å². The maximum atomic E-state index is 2.19. The van der Waals surface area contributed by atoms with E-state index in [-0.39, 0.29) is 66.4 Å². The van der Waals surface area contributed by atoms with Gasteiger partial charge in [-0.1, -0.05) is 0 Å². The zero-order valence-electron chi connectivity index (χ0n) is 3.94. The van der Waals surface area contributed by atoms with Crippen LogP contribution in [0.4, 0.5) is 0 Å². The van der Waals surface area contributed by atoms with Crippen molar-refractivity contribution in [1.29, 1.82) is 0 Å². The molecule has 0 aromatic rings. The molecular weight excluding hydrogens is 320 g/mol. The summed E-state index contributed by atoms with van der Waals surface area (Å²) < 4.78 is 2.19. The Morgan fingerprint density at radius 2 is 1.17 bits per heavy atom. The average molecular weight is 322 g/mol. The van der Waals surface area contributed by atoms with Crippen LogP contribution in [0.15, 0.2) is 0 Å². The Hall–Kier alpha value is 3.59. The van der Waals surface area contributed by atoms with E-state index in [9.17, 15) is 0 Å². The Bertz CT molecular complexity index is 15.5. The Balaban J connectivity index is -0.000000000833. The van der Waals surface area contributed by atoms with Crippen LogP contribution in [-0.2, 0) is 38.0 Å². The summed E-state index contributed by atoms with van der Waals surface area (Å²) in [4.78, 5) is 0. The topological polar surface area (TPSA) is 0 Å². The first-order chi connectivity index (χ1) is 1.00. The third-order valence-electron chi connectivity index (χ3n) is 0. The Kier molecular flexibility index (Phi) is 215. The van der Waals surface area contributed by atoms with Crippen LogP contribution in [0.5, 0.6) is 0 Å². The van der Waals surface area contributed by atoms with E-state index in [2.05, 4.69) is 1.92 Å². The number of hydrogen-bond donors (Lipinski definition) is 0. The molecule has 0 aliphatic carbocycles. The van der Waals surface area contributed by atoms with Crippen molar-refractivity contribution in [3.63, 3.8) is 0 Å². The smallest absolute Gasteiger partial charge is 0 e. The van der Waals surface area contributed by atoms with Gasteiger partial charge < -0.3 is 0 Å². The van der Waals surface area contributed by atoms with Gasteiger partial charge >= 0.3 is 48.1 Å². The van der Waals surface area contributed by atoms with Crippen LogP contribution in [0.1, 0.15) is 0 Å². The van der Waals surface area contributed by atoms with Gasteiger partial charge in [0.05, 0.1) is 0 Å². The second-order valence-corrected chi connectivity index (χ2v) is 0. The fourth-order valence-electron chi connectivity index (χ4n) is 0. The summed E-state index contributed by atoms with van der Waals surface area (Å²) in [6, 6.07) is 0. The monoisotopic (exact) mass is 321 g/mol. The van der Waals surface area contributed by atoms with Gasteiger partial charge in [-0.3, -0.25) is 0 Å². The molecule has 0 unspecified atom stereocenters. The van der Waals surface area contributed by atoms with Crippen LogP contribution in [0.2, 0.25) is 0 Å². The predicted octanol–water partition coefficient (Wildman–Crippen LogP) is -2.06. The number of rotatable bonds is 0. The van der Waals surface area contributed by atoms with Crippen molar-refractivity contribution in [2.75, 3.05) is 0 Å². The molecule has 0 amide bonds. The van der Waals surface area contributed by atoms with Crippen molar-refractivity contribution >= 4 is 76.4 Å². The second kappa shape index (κ2) is 38.4. The van der Waals surface area contributed by atoms with Crippen molar-refractivity contribution in [1.82, 2.24) is 0 Å². The molecule has 0 aliphatic heterocycles. The molecule has 0 heterocycles. The van der Waals surface area contributed by atoms with E-state index in [1.165, 1.54) is 0 Å². The van der Waals surface area contributed by atoms with Gasteiger partial charge in [-0.15, -0.1) is 0 Å². The summed E-state index contributed by atoms with van der Waals surface area (Å²) in [7, 11) is 0. The Morgan fingerprint density at radius 1 is 1.17 bits per heavy atom. The van der Waals surface area contributed by atoms with Gasteiger partial charge in [-0.2, -0.15) is 0 Å². The molecule has 0 aromatic heterocycles. The maximum absolute atomic E-state index is 2.19. The molecule has 0 spiro atoms. The van der Waals surface area contributed by atoms with E-state index in [0.717, 1.165) is 46.2 Å². The van der Waals surface area contributed by atoms with Gasteiger partial charge in [-0.25, -0.2) is 0 Å². The minimum Gasteiger partial charge on any atom is 0 e. The third kappa shape index (κ3) is 25.6. The van der Waals surface area contributed by atoms with Crippen LogP contribution >= 0.6 is 0 Å². The molecule has 0 rings (SSSR count). The molecule has 0 saturated carbocycles. The fraction of sp³-hybridized carbons (Fsp3) is 0. The van der Waals surface area contributed by atoms with Crippen LogP contribution < -0.4 is 0 Å². The zero-order chi connectivity index (χ0) is 2.00. The minimum absolute atomic E-state index is 0. The first-order valence-electron chi connectivity index (χ1n) is 0.707. The second-order valence-electron chi connectivity index (χ2n) is 0. The van der Waals surface area contributed by atoms with Crippen molar-refractivity contribution in [2.45, 2.75) is 0 Å². The first-order valence-corrected chi connectivity index (χ1v) is 5.15. The van der Waals surface area contributed by atoms with E-state index in [1.807, 2.05) is 0 Å². The number of hydrogen-bond acceptors (Lipinski definition) is 0. The fourth-order valence-corrected chi connectivity index (χ4v) is 0. The van der Waals surface area contributed by atoms with Gasteiger partial charge in [0.1, 0.15) is 0 Å². The van der Waals surface area contributed by atoms with Crippen LogP contribution in [0.25, 0.3) is 0 Å². The van der Waals surface area contributed by atoms with Gasteiger partial charge in [0, 0.05) is 66.4 Å². The quantitative estimate of drug-likeness (QED) is 0.450. The summed E-state index contributed by atoms with van der Waals surface area (Å²) in [5.41, 5.74) is 0. The third-order valence-corrected chi connectivity index (χ3v) is 0. The Labute approximate surface area is 112 Å². The van der Waals surface area contributed by atoms with Gasteiger partial charge in [0.15, 0.2) is 0 Å². The summed E-state index contributed by atoms with van der Waals surface area (Å²) in [6.45, 7) is 0. The van der Waals surface area contributed by atoms with Crippen LogP contribution in [-0.4, -0.2) is 76.4 Å². The van der Waals surface area contributed by atoms with Crippen LogP contribution in [0, 0.1) is 0 Å². The normalized spacial score (nSPS) is 0.500. The molecule has 0 aromatic carbocycles. The first kappa shape index (κ1) is 33.6. The molecular formula is H2AlBBaSiVZn. The molecule has 0 fully saturated rings. The molecule has 21 valence electrons. The summed E-state index contributed by atoms with van der Waals surface area (Å²) in [6.07, 6.45) is 0. The molecule has 0 N–H and O–H groups in total. The predicted molar refractivity (Wildman–Crippen MR) is 25.8 cm³/mol. The van der Waals surface area contributed by atoms with Crippen molar-refractivity contribution in [3.8, 4) is 0 Å². The molecule has 0 saturated heterocycles. The standard InChI is InChI=1S/Al.BH2.Ba.Si.V.Zn/h;1H2;;;;/q;+1;-1;;;. The summed E-state index contributed by atoms with van der Waals surface area (Å²) in [5, 5.41) is 0. The summed E-state index contributed by atoms with van der Waals surface area (Å²) >= 11 is 1.03. The van der Waals surface area contributed by atoms with Gasteiger partial charge in [0.2, 0.25) is 0 Å². The van der Waals surface area contributed by atoms with E-state index < -0.39 is 0 Å². The molecule has 6 heteroatoms. The van der Waals surface area contributed by atoms with Crippen LogP contribution in [0.3, 0.4) is 0 Å². The SMILES string of the molecule is [Al].[BH2][Ba].[Si].[V].[Zn]. The zero-order valence-corrected chi connectivity index (χ0v) is 14.9. The van der Waals surface area contributed by atoms with Gasteiger partial charge in [0.25, 0.3) is 0 Å². The molecule has 0 bridgehead atoms. The maximum Gasteiger partial charge on any atom is 0 e. The minimum atomic E-state index is 0. The van der Waals surface area contributed by atoms with Gasteiger partial charge in [-0.05, 0) is 0 Å². The van der Waals surface area contributed by atoms with E-state index in [4.69, 9.17) is 0 Å². The molecule has 9 radical (unpaired) electrons.